The predicted octanol–water partition coefficient (Wildman–Crippen LogP) is 3.70. The molecule has 0 saturated heterocycles. The van der Waals surface area contributed by atoms with Crippen molar-refractivity contribution < 1.29 is 9.59 Å². The van der Waals surface area contributed by atoms with Crippen LogP contribution in [0.4, 0.5) is 5.69 Å². The number of carbonyl (C=O) groups excluding carboxylic acids is 2. The summed E-state index contributed by atoms with van der Waals surface area (Å²) in [7, 11) is 0. The van der Waals surface area contributed by atoms with Gasteiger partial charge in [-0.15, -0.1) is 0 Å². The lowest BCUT2D eigenvalue weighted by Gasteiger charge is -2.13. The van der Waals surface area contributed by atoms with E-state index < -0.39 is 0 Å². The fraction of sp³-hybridized carbons (Fsp3) is 0.143. The van der Waals surface area contributed by atoms with Crippen LogP contribution in [0.25, 0.3) is 0 Å². The quantitative estimate of drug-likeness (QED) is 0.359. The number of nitrogens with zero attached hydrogens (tertiary/aromatic N) is 1. The van der Waals surface area contributed by atoms with Gasteiger partial charge in [0.15, 0.2) is 5.78 Å². The highest BCUT2D eigenvalue weighted by Crippen LogP contribution is 2.29. The molecule has 0 atom stereocenters. The van der Waals surface area contributed by atoms with E-state index in [0.29, 0.717) is 33.2 Å². The molecule has 0 aliphatic carbocycles. The van der Waals surface area contributed by atoms with Crippen LogP contribution < -0.4 is 11.1 Å². The van der Waals surface area contributed by atoms with Crippen molar-refractivity contribution in [1.29, 1.82) is 5.41 Å². The zero-order valence-corrected chi connectivity index (χ0v) is 16.6. The number of rotatable bonds is 8. The maximum Gasteiger partial charge on any atom is 0.251 e. The predicted molar refractivity (Wildman–Crippen MR) is 114 cm³/mol. The number of nitrogens with one attached hydrogen (secondary N) is 2. The zero-order valence-electron chi connectivity index (χ0n) is 15.8. The first kappa shape index (κ1) is 21.1. The molecule has 0 unspecified atom stereocenters. The molecule has 1 aromatic carbocycles. The van der Waals surface area contributed by atoms with E-state index in [4.69, 9.17) is 11.1 Å². The molecule has 2 rings (SSSR count). The topological polar surface area (TPSA) is 109 Å². The highest BCUT2D eigenvalue weighted by atomic mass is 32.2. The van der Waals surface area contributed by atoms with E-state index in [-0.39, 0.29) is 17.4 Å². The van der Waals surface area contributed by atoms with Gasteiger partial charge in [-0.25, -0.2) is 0 Å². The normalized spacial score (nSPS) is 11.0. The third-order valence-corrected chi connectivity index (χ3v) is 5.08. The molecular formula is C21H22N4O2S. The summed E-state index contributed by atoms with van der Waals surface area (Å²) >= 11 is 1.12. The first-order valence-electron chi connectivity index (χ1n) is 8.53. The largest absolute Gasteiger partial charge is 0.398 e. The Bertz CT molecular complexity index is 952. The van der Waals surface area contributed by atoms with Crippen LogP contribution in [0.15, 0.2) is 65.2 Å². The summed E-state index contributed by atoms with van der Waals surface area (Å²) < 4.78 is 0. The summed E-state index contributed by atoms with van der Waals surface area (Å²) in [6.45, 7) is 7.43. The van der Waals surface area contributed by atoms with E-state index in [0.717, 1.165) is 17.3 Å². The van der Waals surface area contributed by atoms with E-state index in [1.165, 1.54) is 6.92 Å². The van der Waals surface area contributed by atoms with E-state index in [2.05, 4.69) is 16.9 Å². The molecule has 1 amide bonds. The number of amides is 1. The molecule has 7 heteroatoms. The fourth-order valence-corrected chi connectivity index (χ4v) is 3.11. The fourth-order valence-electron chi connectivity index (χ4n) is 2.37. The van der Waals surface area contributed by atoms with Gasteiger partial charge in [0.25, 0.3) is 5.91 Å². The Morgan fingerprint density at radius 3 is 2.71 bits per heavy atom. The minimum Gasteiger partial charge on any atom is -0.398 e. The second kappa shape index (κ2) is 9.66. The molecule has 0 aliphatic rings. The van der Waals surface area contributed by atoms with Crippen LogP contribution in [-0.2, 0) is 11.3 Å². The van der Waals surface area contributed by atoms with Gasteiger partial charge in [-0.1, -0.05) is 30.5 Å². The second-order valence-corrected chi connectivity index (χ2v) is 7.09. The Hall–Kier alpha value is -3.19. The first-order chi connectivity index (χ1) is 13.3. The van der Waals surface area contributed by atoms with Gasteiger partial charge < -0.3 is 11.1 Å². The Kier molecular flexibility index (Phi) is 7.28. The maximum absolute atomic E-state index is 12.5. The van der Waals surface area contributed by atoms with Crippen LogP contribution in [0.1, 0.15) is 35.3 Å². The molecule has 4 N–H and O–H groups in total. The molecule has 0 spiro atoms. The van der Waals surface area contributed by atoms with E-state index in [1.54, 1.807) is 49.7 Å². The number of carbonyl (C=O) groups is 2. The highest BCUT2D eigenvalue weighted by Gasteiger charge is 2.16. The maximum atomic E-state index is 12.5. The van der Waals surface area contributed by atoms with Crippen molar-refractivity contribution in [3.8, 4) is 0 Å². The standard InChI is InChI=1S/C21H22N4O2S/c1-4-19(13(2)26)28-14(3)20(23)17-10-16(7-8-18(17)22)21(27)25-12-15-6-5-9-24-11-15/h4-11,23H,3,12,22H2,1-2H3,(H,25,27)/b19-4-,23-20?. The molecule has 0 fully saturated rings. The number of hydrogen-bond donors (Lipinski definition) is 3. The summed E-state index contributed by atoms with van der Waals surface area (Å²) in [6.07, 6.45) is 5.02. The molecule has 1 heterocycles. The summed E-state index contributed by atoms with van der Waals surface area (Å²) in [4.78, 5) is 28.9. The summed E-state index contributed by atoms with van der Waals surface area (Å²) in [5.74, 6) is -0.382. The number of nitrogens with two attached hydrogens (primary N) is 1. The van der Waals surface area contributed by atoms with Gasteiger partial charge in [0.05, 0.1) is 10.6 Å². The number of Topliss-reactive ketones (excluding diaryl/α,β-unsaturated/α-hetero) is 1. The first-order valence-corrected chi connectivity index (χ1v) is 9.35. The van der Waals surface area contributed by atoms with Crippen molar-refractivity contribution >= 4 is 34.9 Å². The molecule has 0 aliphatic heterocycles. The minimum atomic E-state index is -0.283. The van der Waals surface area contributed by atoms with Crippen LogP contribution in [0.3, 0.4) is 0 Å². The van der Waals surface area contributed by atoms with Gasteiger partial charge in [0.2, 0.25) is 0 Å². The lowest BCUT2D eigenvalue weighted by atomic mass is 10.0. The molecular weight excluding hydrogens is 372 g/mol. The van der Waals surface area contributed by atoms with Crippen LogP contribution in [-0.4, -0.2) is 22.4 Å². The monoisotopic (exact) mass is 394 g/mol. The van der Waals surface area contributed by atoms with Gasteiger partial charge >= 0.3 is 0 Å². The van der Waals surface area contributed by atoms with Crippen molar-refractivity contribution in [2.75, 3.05) is 5.73 Å². The lowest BCUT2D eigenvalue weighted by molar-refractivity contribution is -0.112. The SMILES string of the molecule is C=C(S/C(=C\C)C(C)=O)C(=N)c1cc(C(=O)NCc2cccnc2)ccc1N. The highest BCUT2D eigenvalue weighted by molar-refractivity contribution is 8.08. The van der Waals surface area contributed by atoms with Gasteiger partial charge in [-0.3, -0.25) is 20.0 Å². The van der Waals surface area contributed by atoms with Crippen LogP contribution in [0.5, 0.6) is 0 Å². The Morgan fingerprint density at radius 1 is 1.36 bits per heavy atom. The molecule has 0 bridgehead atoms. The van der Waals surface area contributed by atoms with Gasteiger partial charge in [-0.2, -0.15) is 0 Å². The smallest absolute Gasteiger partial charge is 0.251 e. The molecule has 144 valence electrons. The molecule has 0 saturated carbocycles. The van der Waals surface area contributed by atoms with Crippen molar-refractivity contribution in [2.24, 2.45) is 0 Å². The number of allylic oxidation sites excluding steroid dienone is 3. The third kappa shape index (κ3) is 5.40. The van der Waals surface area contributed by atoms with Crippen molar-refractivity contribution in [1.82, 2.24) is 10.3 Å². The Labute approximate surface area is 168 Å². The summed E-state index contributed by atoms with van der Waals surface area (Å²) in [6, 6.07) is 8.42. The van der Waals surface area contributed by atoms with Crippen LogP contribution in [0, 0.1) is 5.41 Å². The van der Waals surface area contributed by atoms with E-state index in [9.17, 15) is 9.59 Å². The average Bonchev–Trinajstić information content (AvgIpc) is 2.70. The third-order valence-electron chi connectivity index (χ3n) is 3.88. The van der Waals surface area contributed by atoms with Crippen molar-refractivity contribution in [3.05, 3.63) is 81.9 Å². The number of nitrogen functional groups attached to an aromatic ring is 1. The molecule has 1 aromatic heterocycles. The second-order valence-electron chi connectivity index (χ2n) is 5.96. The number of pyridine rings is 1. The number of anilines is 1. The Morgan fingerprint density at radius 2 is 2.11 bits per heavy atom. The van der Waals surface area contributed by atoms with Crippen molar-refractivity contribution in [3.63, 3.8) is 0 Å². The van der Waals surface area contributed by atoms with Gasteiger partial charge in [0, 0.05) is 40.7 Å². The number of ketones is 1. The van der Waals surface area contributed by atoms with Gasteiger partial charge in [-0.05, 0) is 43.7 Å². The molecule has 28 heavy (non-hydrogen) atoms. The number of aromatic nitrogens is 1. The molecule has 0 radical (unpaired) electrons. The zero-order chi connectivity index (χ0) is 20.7. The molecule has 6 nitrogen and oxygen atoms in total. The average molecular weight is 395 g/mol. The number of benzene rings is 1. The van der Waals surface area contributed by atoms with Crippen LogP contribution >= 0.6 is 11.8 Å². The summed E-state index contributed by atoms with van der Waals surface area (Å²) in [5, 5.41) is 11.2. The van der Waals surface area contributed by atoms with Crippen molar-refractivity contribution in [2.45, 2.75) is 20.4 Å². The number of hydrogen-bond acceptors (Lipinski definition) is 6. The minimum absolute atomic E-state index is 0.0741. The van der Waals surface area contributed by atoms with E-state index in [1.807, 2.05) is 6.07 Å². The Balaban J connectivity index is 2.15. The summed E-state index contributed by atoms with van der Waals surface area (Å²) in [5.41, 5.74) is 8.10. The van der Waals surface area contributed by atoms with Gasteiger partial charge in [0.1, 0.15) is 0 Å². The number of thioether (sulfide) groups is 1. The van der Waals surface area contributed by atoms with Crippen LogP contribution in [0.2, 0.25) is 0 Å². The lowest BCUT2D eigenvalue weighted by Crippen LogP contribution is -2.23. The molecule has 2 aromatic rings. The van der Waals surface area contributed by atoms with E-state index >= 15 is 0 Å².